The standard InChI is InChI=1S/C13H23N5S/c1-4-10-8-18(6-7-19-10)13-9(3)12(17-14)15-11(5-2)16-13/h10H,4-8,14H2,1-3H3,(H,15,16,17). The van der Waals surface area contributed by atoms with E-state index in [1.807, 2.05) is 6.92 Å². The molecule has 1 atom stereocenters. The first-order valence-electron chi connectivity index (χ1n) is 6.90. The van der Waals surface area contributed by atoms with Crippen molar-refractivity contribution in [2.45, 2.75) is 38.9 Å². The molecular formula is C13H23N5S. The minimum Gasteiger partial charge on any atom is -0.354 e. The Kier molecular flexibility index (Phi) is 4.87. The van der Waals surface area contributed by atoms with Crippen molar-refractivity contribution in [2.75, 3.05) is 29.2 Å². The van der Waals surface area contributed by atoms with Crippen LogP contribution in [-0.2, 0) is 6.42 Å². The van der Waals surface area contributed by atoms with E-state index in [4.69, 9.17) is 10.8 Å². The van der Waals surface area contributed by atoms with Gasteiger partial charge >= 0.3 is 0 Å². The van der Waals surface area contributed by atoms with Gasteiger partial charge in [-0.05, 0) is 13.3 Å². The van der Waals surface area contributed by atoms with Gasteiger partial charge in [0.05, 0.1) is 0 Å². The van der Waals surface area contributed by atoms with Gasteiger partial charge in [0.15, 0.2) is 0 Å². The van der Waals surface area contributed by atoms with Crippen molar-refractivity contribution >= 4 is 23.4 Å². The Morgan fingerprint density at radius 2 is 2.21 bits per heavy atom. The maximum Gasteiger partial charge on any atom is 0.148 e. The lowest BCUT2D eigenvalue weighted by Crippen LogP contribution is -2.39. The summed E-state index contributed by atoms with van der Waals surface area (Å²) < 4.78 is 0. The third-order valence-electron chi connectivity index (χ3n) is 3.51. The number of nitrogen functional groups attached to an aromatic ring is 1. The van der Waals surface area contributed by atoms with Crippen LogP contribution in [-0.4, -0.2) is 34.1 Å². The Balaban J connectivity index is 2.32. The van der Waals surface area contributed by atoms with Gasteiger partial charge < -0.3 is 10.3 Å². The van der Waals surface area contributed by atoms with Crippen molar-refractivity contribution < 1.29 is 0 Å². The van der Waals surface area contributed by atoms with E-state index in [9.17, 15) is 0 Å². The number of aromatic nitrogens is 2. The van der Waals surface area contributed by atoms with E-state index in [1.165, 1.54) is 6.42 Å². The van der Waals surface area contributed by atoms with E-state index in [0.29, 0.717) is 5.25 Å². The molecule has 5 nitrogen and oxygen atoms in total. The fourth-order valence-electron chi connectivity index (χ4n) is 2.32. The van der Waals surface area contributed by atoms with Crippen LogP contribution in [0.2, 0.25) is 0 Å². The minimum atomic E-state index is 0.697. The topological polar surface area (TPSA) is 67.1 Å². The van der Waals surface area contributed by atoms with Crippen LogP contribution in [0, 0.1) is 6.92 Å². The number of anilines is 2. The summed E-state index contributed by atoms with van der Waals surface area (Å²) in [6.07, 6.45) is 2.02. The Hall–Kier alpha value is -1.01. The lowest BCUT2D eigenvalue weighted by atomic mass is 10.2. The Bertz CT molecular complexity index is 437. The monoisotopic (exact) mass is 281 g/mol. The zero-order chi connectivity index (χ0) is 13.8. The highest BCUT2D eigenvalue weighted by atomic mass is 32.2. The lowest BCUT2D eigenvalue weighted by molar-refractivity contribution is 0.712. The highest BCUT2D eigenvalue weighted by Crippen LogP contribution is 2.29. The fourth-order valence-corrected chi connectivity index (χ4v) is 3.50. The Morgan fingerprint density at radius 3 is 2.84 bits per heavy atom. The molecule has 0 saturated carbocycles. The maximum absolute atomic E-state index is 5.56. The summed E-state index contributed by atoms with van der Waals surface area (Å²) in [7, 11) is 0. The summed E-state index contributed by atoms with van der Waals surface area (Å²) >= 11 is 2.06. The molecule has 19 heavy (non-hydrogen) atoms. The normalized spacial score (nSPS) is 19.6. The molecule has 2 heterocycles. The van der Waals surface area contributed by atoms with E-state index in [0.717, 1.165) is 48.3 Å². The molecule has 1 fully saturated rings. The second kappa shape index (κ2) is 6.43. The van der Waals surface area contributed by atoms with Crippen molar-refractivity contribution in [1.29, 1.82) is 0 Å². The number of nitrogens with zero attached hydrogens (tertiary/aromatic N) is 3. The molecule has 0 aromatic carbocycles. The van der Waals surface area contributed by atoms with Crippen LogP contribution < -0.4 is 16.2 Å². The molecule has 106 valence electrons. The maximum atomic E-state index is 5.56. The number of hydrogen-bond donors (Lipinski definition) is 2. The molecule has 1 aliphatic rings. The zero-order valence-corrected chi connectivity index (χ0v) is 12.8. The van der Waals surface area contributed by atoms with Crippen LogP contribution in [0.5, 0.6) is 0 Å². The predicted molar refractivity (Wildman–Crippen MR) is 82.7 cm³/mol. The summed E-state index contributed by atoms with van der Waals surface area (Å²) in [6.45, 7) is 8.46. The summed E-state index contributed by atoms with van der Waals surface area (Å²) in [5.41, 5.74) is 3.73. The first kappa shape index (κ1) is 14.4. The SMILES string of the molecule is CCc1nc(NN)c(C)c(N2CCSC(CC)C2)n1. The molecular weight excluding hydrogens is 258 g/mol. The molecule has 1 saturated heterocycles. The van der Waals surface area contributed by atoms with Gasteiger partial charge in [-0.1, -0.05) is 13.8 Å². The van der Waals surface area contributed by atoms with Crippen LogP contribution in [0.4, 0.5) is 11.6 Å². The highest BCUT2D eigenvalue weighted by Gasteiger charge is 2.23. The molecule has 1 unspecified atom stereocenters. The molecule has 1 aliphatic heterocycles. The number of rotatable bonds is 4. The highest BCUT2D eigenvalue weighted by molar-refractivity contribution is 8.00. The van der Waals surface area contributed by atoms with Crippen LogP contribution >= 0.6 is 11.8 Å². The van der Waals surface area contributed by atoms with E-state index in [2.05, 4.69) is 40.9 Å². The van der Waals surface area contributed by atoms with Gasteiger partial charge in [0.1, 0.15) is 17.5 Å². The summed E-state index contributed by atoms with van der Waals surface area (Å²) in [6, 6.07) is 0. The second-order valence-electron chi connectivity index (χ2n) is 4.78. The largest absolute Gasteiger partial charge is 0.354 e. The zero-order valence-electron chi connectivity index (χ0n) is 11.9. The van der Waals surface area contributed by atoms with Gasteiger partial charge in [0.2, 0.25) is 0 Å². The quantitative estimate of drug-likeness (QED) is 0.649. The van der Waals surface area contributed by atoms with Gasteiger partial charge in [-0.2, -0.15) is 11.8 Å². The molecule has 0 bridgehead atoms. The number of nitrogens with two attached hydrogens (primary N) is 1. The summed E-state index contributed by atoms with van der Waals surface area (Å²) in [5, 5.41) is 0.697. The van der Waals surface area contributed by atoms with Crippen molar-refractivity contribution in [1.82, 2.24) is 9.97 Å². The van der Waals surface area contributed by atoms with E-state index in [-0.39, 0.29) is 0 Å². The van der Waals surface area contributed by atoms with E-state index < -0.39 is 0 Å². The van der Waals surface area contributed by atoms with Crippen LogP contribution in [0.1, 0.15) is 31.7 Å². The van der Waals surface area contributed by atoms with E-state index >= 15 is 0 Å². The molecule has 0 aliphatic carbocycles. The van der Waals surface area contributed by atoms with Crippen LogP contribution in [0.15, 0.2) is 0 Å². The first-order valence-corrected chi connectivity index (χ1v) is 7.95. The third-order valence-corrected chi connectivity index (χ3v) is 4.89. The second-order valence-corrected chi connectivity index (χ2v) is 6.19. The fraction of sp³-hybridized carbons (Fsp3) is 0.692. The van der Waals surface area contributed by atoms with Gasteiger partial charge in [-0.25, -0.2) is 15.8 Å². The average Bonchev–Trinajstić information content (AvgIpc) is 2.47. The molecule has 0 amide bonds. The summed E-state index contributed by atoms with van der Waals surface area (Å²) in [4.78, 5) is 11.5. The number of hydrazine groups is 1. The molecule has 0 spiro atoms. The Morgan fingerprint density at radius 1 is 1.42 bits per heavy atom. The van der Waals surface area contributed by atoms with Gasteiger partial charge in [-0.3, -0.25) is 0 Å². The third kappa shape index (κ3) is 3.12. The van der Waals surface area contributed by atoms with Gasteiger partial charge in [-0.15, -0.1) is 0 Å². The number of thioether (sulfide) groups is 1. The smallest absolute Gasteiger partial charge is 0.148 e. The van der Waals surface area contributed by atoms with Crippen molar-refractivity contribution in [3.8, 4) is 0 Å². The molecule has 0 radical (unpaired) electrons. The number of nitrogens with one attached hydrogen (secondary N) is 1. The van der Waals surface area contributed by atoms with Gasteiger partial charge in [0.25, 0.3) is 0 Å². The Labute approximate surface area is 119 Å². The van der Waals surface area contributed by atoms with Crippen molar-refractivity contribution in [3.05, 3.63) is 11.4 Å². The minimum absolute atomic E-state index is 0.697. The lowest BCUT2D eigenvalue weighted by Gasteiger charge is -2.34. The van der Waals surface area contributed by atoms with Crippen molar-refractivity contribution in [3.63, 3.8) is 0 Å². The molecule has 6 heteroatoms. The molecule has 1 aromatic heterocycles. The van der Waals surface area contributed by atoms with Gasteiger partial charge in [0, 0.05) is 36.1 Å². The van der Waals surface area contributed by atoms with E-state index in [1.54, 1.807) is 0 Å². The van der Waals surface area contributed by atoms with Crippen LogP contribution in [0.25, 0.3) is 0 Å². The van der Waals surface area contributed by atoms with Crippen LogP contribution in [0.3, 0.4) is 0 Å². The number of hydrogen-bond acceptors (Lipinski definition) is 6. The summed E-state index contributed by atoms with van der Waals surface area (Å²) in [5.74, 6) is 9.36. The molecule has 2 rings (SSSR count). The van der Waals surface area contributed by atoms with Crippen molar-refractivity contribution in [2.24, 2.45) is 5.84 Å². The number of aryl methyl sites for hydroxylation is 1. The predicted octanol–water partition coefficient (Wildman–Crippen LogP) is 1.96. The molecule has 1 aromatic rings. The average molecular weight is 281 g/mol. The first-order chi connectivity index (χ1) is 9.19. The molecule has 3 N–H and O–H groups in total.